The van der Waals surface area contributed by atoms with Crippen molar-refractivity contribution < 1.29 is 4.74 Å². The number of ether oxygens (including phenoxy) is 1. The van der Waals surface area contributed by atoms with Gasteiger partial charge in [0.1, 0.15) is 0 Å². The summed E-state index contributed by atoms with van der Waals surface area (Å²) in [5.74, 6) is 3.91. The van der Waals surface area contributed by atoms with Crippen molar-refractivity contribution in [3.8, 4) is 0 Å². The van der Waals surface area contributed by atoms with Crippen LogP contribution in [-0.4, -0.2) is 13.7 Å². The summed E-state index contributed by atoms with van der Waals surface area (Å²) in [5.41, 5.74) is 0. The summed E-state index contributed by atoms with van der Waals surface area (Å²) >= 11 is 0. The molecule has 0 aromatic carbocycles. The lowest BCUT2D eigenvalue weighted by Gasteiger charge is -2.37. The van der Waals surface area contributed by atoms with E-state index in [0.717, 1.165) is 30.3 Å². The molecule has 0 amide bonds. The second-order valence-corrected chi connectivity index (χ2v) is 7.56. The molecule has 0 aromatic heterocycles. The zero-order chi connectivity index (χ0) is 15.6. The molecule has 0 heterocycles. The molecule has 0 aromatic rings. The summed E-state index contributed by atoms with van der Waals surface area (Å²) in [5, 5.41) is 0. The predicted molar refractivity (Wildman–Crippen MR) is 96.0 cm³/mol. The fraction of sp³-hybridized carbons (Fsp3) is 0.810. The molecule has 0 spiro atoms. The fourth-order valence-corrected chi connectivity index (χ4v) is 4.65. The smallest absolute Gasteiger partial charge is 0.0643 e. The van der Waals surface area contributed by atoms with Crippen molar-refractivity contribution in [2.45, 2.75) is 70.6 Å². The fourth-order valence-electron chi connectivity index (χ4n) is 4.65. The van der Waals surface area contributed by atoms with Gasteiger partial charge in [-0.1, -0.05) is 37.5 Å². The predicted octanol–water partition coefficient (Wildman–Crippen LogP) is 6.16. The molecule has 0 saturated heterocycles. The Morgan fingerprint density at radius 3 is 2.18 bits per heavy atom. The maximum Gasteiger partial charge on any atom is 0.0643 e. The highest BCUT2D eigenvalue weighted by molar-refractivity contribution is 4.92. The van der Waals surface area contributed by atoms with Crippen LogP contribution in [0.5, 0.6) is 0 Å². The average Bonchev–Trinajstić information content (AvgIpc) is 2.57. The zero-order valence-electron chi connectivity index (χ0n) is 14.6. The van der Waals surface area contributed by atoms with Crippen LogP contribution >= 0.6 is 0 Å². The molecular formula is C21H36O. The van der Waals surface area contributed by atoms with Gasteiger partial charge in [0, 0.05) is 7.11 Å². The highest BCUT2D eigenvalue weighted by Crippen LogP contribution is 2.42. The van der Waals surface area contributed by atoms with Crippen LogP contribution < -0.4 is 0 Å². The molecule has 1 heteroatoms. The Morgan fingerprint density at radius 2 is 1.59 bits per heavy atom. The lowest BCUT2D eigenvalue weighted by Crippen LogP contribution is -2.25. The first-order chi connectivity index (χ1) is 10.8. The first-order valence-electron chi connectivity index (χ1n) is 9.60. The van der Waals surface area contributed by atoms with Crippen LogP contribution in [0, 0.1) is 23.7 Å². The summed E-state index contributed by atoms with van der Waals surface area (Å²) < 4.78 is 5.10. The molecule has 0 N–H and O–H groups in total. The van der Waals surface area contributed by atoms with E-state index < -0.39 is 0 Å². The number of allylic oxidation sites excluding steroid dienone is 2. The zero-order valence-corrected chi connectivity index (χ0v) is 14.6. The van der Waals surface area contributed by atoms with E-state index in [1.165, 1.54) is 70.6 Å². The molecule has 2 saturated carbocycles. The Balaban J connectivity index is 1.63. The first kappa shape index (κ1) is 17.8. The molecule has 2 fully saturated rings. The standard InChI is InChI=1S/C21H36O/c1-3-4-5-7-18-9-13-20(14-10-18)21-15-11-19(12-16-21)8-6-17-22-2/h3,6,8,18-21H,1,4-5,7,9-17H2,2H3/b8-6+. The van der Waals surface area contributed by atoms with E-state index in [2.05, 4.69) is 24.8 Å². The van der Waals surface area contributed by atoms with Crippen molar-refractivity contribution in [3.63, 3.8) is 0 Å². The molecule has 2 aliphatic rings. The highest BCUT2D eigenvalue weighted by atomic mass is 16.5. The van der Waals surface area contributed by atoms with Crippen LogP contribution in [0.1, 0.15) is 70.6 Å². The van der Waals surface area contributed by atoms with Crippen molar-refractivity contribution in [1.82, 2.24) is 0 Å². The minimum absolute atomic E-state index is 0.774. The van der Waals surface area contributed by atoms with Gasteiger partial charge in [0.05, 0.1) is 6.61 Å². The second kappa shape index (κ2) is 10.3. The van der Waals surface area contributed by atoms with E-state index in [4.69, 9.17) is 4.74 Å². The van der Waals surface area contributed by atoms with E-state index >= 15 is 0 Å². The number of hydrogen-bond acceptors (Lipinski definition) is 1. The van der Waals surface area contributed by atoms with Gasteiger partial charge >= 0.3 is 0 Å². The number of hydrogen-bond donors (Lipinski definition) is 0. The Labute approximate surface area is 138 Å². The molecule has 0 unspecified atom stereocenters. The molecule has 22 heavy (non-hydrogen) atoms. The Kier molecular flexibility index (Phi) is 8.30. The summed E-state index contributed by atoms with van der Waals surface area (Å²) in [6, 6.07) is 0. The third-order valence-corrected chi connectivity index (χ3v) is 6.07. The molecular weight excluding hydrogens is 268 g/mol. The molecule has 0 atom stereocenters. The molecule has 1 nitrogen and oxygen atoms in total. The third kappa shape index (κ3) is 5.91. The van der Waals surface area contributed by atoms with Crippen molar-refractivity contribution >= 4 is 0 Å². The highest BCUT2D eigenvalue weighted by Gasteiger charge is 2.30. The molecule has 0 bridgehead atoms. The molecule has 2 aliphatic carbocycles. The van der Waals surface area contributed by atoms with Gasteiger partial charge in [-0.2, -0.15) is 0 Å². The summed E-state index contributed by atoms with van der Waals surface area (Å²) in [4.78, 5) is 0. The van der Waals surface area contributed by atoms with Gasteiger partial charge in [-0.05, 0) is 75.0 Å². The quantitative estimate of drug-likeness (QED) is 0.385. The van der Waals surface area contributed by atoms with Crippen LogP contribution in [-0.2, 0) is 4.74 Å². The van der Waals surface area contributed by atoms with Gasteiger partial charge in [0.15, 0.2) is 0 Å². The monoisotopic (exact) mass is 304 g/mol. The molecule has 0 radical (unpaired) electrons. The van der Waals surface area contributed by atoms with E-state index in [1.54, 1.807) is 7.11 Å². The van der Waals surface area contributed by atoms with Crippen LogP contribution in [0.3, 0.4) is 0 Å². The van der Waals surface area contributed by atoms with Crippen molar-refractivity contribution in [2.24, 2.45) is 23.7 Å². The third-order valence-electron chi connectivity index (χ3n) is 6.07. The minimum atomic E-state index is 0.774. The van der Waals surface area contributed by atoms with Crippen molar-refractivity contribution in [2.75, 3.05) is 13.7 Å². The summed E-state index contributed by atoms with van der Waals surface area (Å²) in [6.45, 7) is 4.61. The van der Waals surface area contributed by atoms with E-state index in [1.807, 2.05) is 0 Å². The van der Waals surface area contributed by atoms with Gasteiger partial charge < -0.3 is 4.74 Å². The van der Waals surface area contributed by atoms with E-state index in [0.29, 0.717) is 0 Å². The van der Waals surface area contributed by atoms with Gasteiger partial charge in [0.25, 0.3) is 0 Å². The van der Waals surface area contributed by atoms with Crippen LogP contribution in [0.15, 0.2) is 24.8 Å². The van der Waals surface area contributed by atoms with Gasteiger partial charge in [-0.15, -0.1) is 6.58 Å². The maximum atomic E-state index is 5.10. The first-order valence-corrected chi connectivity index (χ1v) is 9.60. The van der Waals surface area contributed by atoms with E-state index in [-0.39, 0.29) is 0 Å². The number of rotatable bonds is 8. The van der Waals surface area contributed by atoms with Gasteiger partial charge in [-0.25, -0.2) is 0 Å². The minimum Gasteiger partial charge on any atom is -0.381 e. The van der Waals surface area contributed by atoms with Gasteiger partial charge in [-0.3, -0.25) is 0 Å². The normalized spacial score (nSPS) is 33.1. The second-order valence-electron chi connectivity index (χ2n) is 7.56. The van der Waals surface area contributed by atoms with E-state index in [9.17, 15) is 0 Å². The maximum absolute atomic E-state index is 5.10. The number of unbranched alkanes of at least 4 members (excludes halogenated alkanes) is 1. The largest absolute Gasteiger partial charge is 0.381 e. The van der Waals surface area contributed by atoms with Gasteiger partial charge in [0.2, 0.25) is 0 Å². The topological polar surface area (TPSA) is 9.23 Å². The Bertz CT molecular complexity index is 317. The Morgan fingerprint density at radius 1 is 0.955 bits per heavy atom. The Hall–Kier alpha value is -0.560. The van der Waals surface area contributed by atoms with Crippen LogP contribution in [0.25, 0.3) is 0 Å². The lowest BCUT2D eigenvalue weighted by atomic mass is 9.68. The van der Waals surface area contributed by atoms with Crippen LogP contribution in [0.2, 0.25) is 0 Å². The van der Waals surface area contributed by atoms with Crippen LogP contribution in [0.4, 0.5) is 0 Å². The summed E-state index contributed by atoms with van der Waals surface area (Å²) in [7, 11) is 1.77. The average molecular weight is 305 g/mol. The summed E-state index contributed by atoms with van der Waals surface area (Å²) in [6.07, 6.45) is 22.4. The van der Waals surface area contributed by atoms with Crippen molar-refractivity contribution in [3.05, 3.63) is 24.8 Å². The molecule has 0 aliphatic heterocycles. The lowest BCUT2D eigenvalue weighted by molar-refractivity contribution is 0.151. The van der Waals surface area contributed by atoms with Crippen molar-refractivity contribution in [1.29, 1.82) is 0 Å². The SMILES string of the molecule is C=CCCCC1CCC(C2CCC(/C=C/COC)CC2)CC1. The molecule has 126 valence electrons. The molecule has 2 rings (SSSR count). The number of methoxy groups -OCH3 is 1.